The lowest BCUT2D eigenvalue weighted by molar-refractivity contribution is -0.115. The van der Waals surface area contributed by atoms with Crippen molar-refractivity contribution in [1.29, 1.82) is 0 Å². The Morgan fingerprint density at radius 3 is 2.78 bits per heavy atom. The van der Waals surface area contributed by atoms with Crippen molar-refractivity contribution in [3.8, 4) is 0 Å². The minimum Gasteiger partial charge on any atom is -0.282 e. The number of amides is 2. The molecule has 2 aromatic rings. The van der Waals surface area contributed by atoms with Crippen LogP contribution in [-0.2, 0) is 4.79 Å². The zero-order chi connectivity index (χ0) is 12.5. The summed E-state index contributed by atoms with van der Waals surface area (Å²) in [5, 5.41) is 2.87. The monoisotopic (exact) mass is 256 g/mol. The number of thioether (sulfide) groups is 1. The van der Waals surface area contributed by atoms with Crippen LogP contribution in [-0.4, -0.2) is 16.1 Å². The van der Waals surface area contributed by atoms with E-state index in [9.17, 15) is 9.59 Å². The van der Waals surface area contributed by atoms with Crippen LogP contribution in [0.3, 0.4) is 0 Å². The molecule has 18 heavy (non-hydrogen) atoms. The van der Waals surface area contributed by atoms with E-state index >= 15 is 0 Å². The van der Waals surface area contributed by atoms with Crippen molar-refractivity contribution in [2.75, 3.05) is 0 Å². The largest absolute Gasteiger partial charge is 0.290 e. The number of aromatic nitrogens is 1. The normalized spacial score (nSPS) is 17.4. The van der Waals surface area contributed by atoms with Crippen molar-refractivity contribution in [3.63, 3.8) is 0 Å². The molecule has 1 aromatic heterocycles. The zero-order valence-corrected chi connectivity index (χ0v) is 10.0. The number of para-hydroxylation sites is 1. The second kappa shape index (κ2) is 4.27. The minimum absolute atomic E-state index is 0.329. The highest BCUT2D eigenvalue weighted by molar-refractivity contribution is 8.18. The molecule has 2 amide bonds. The van der Waals surface area contributed by atoms with E-state index in [1.807, 2.05) is 30.3 Å². The molecule has 1 saturated heterocycles. The van der Waals surface area contributed by atoms with Crippen LogP contribution in [0.25, 0.3) is 17.0 Å². The predicted octanol–water partition coefficient (Wildman–Crippen LogP) is 2.56. The van der Waals surface area contributed by atoms with E-state index in [-0.39, 0.29) is 11.1 Å². The molecule has 1 aliphatic heterocycles. The van der Waals surface area contributed by atoms with Crippen molar-refractivity contribution in [2.24, 2.45) is 0 Å². The lowest BCUT2D eigenvalue weighted by Gasteiger charge is -2.01. The highest BCUT2D eigenvalue weighted by atomic mass is 32.2. The first-order valence-electron chi connectivity index (χ1n) is 5.33. The Kier molecular flexibility index (Phi) is 2.60. The highest BCUT2D eigenvalue weighted by Gasteiger charge is 2.25. The fourth-order valence-corrected chi connectivity index (χ4v) is 2.48. The number of hydrogen-bond donors (Lipinski definition) is 1. The first-order chi connectivity index (χ1) is 8.74. The van der Waals surface area contributed by atoms with Gasteiger partial charge in [0, 0.05) is 11.6 Å². The summed E-state index contributed by atoms with van der Waals surface area (Å²) in [6.45, 7) is 0. The lowest BCUT2D eigenvalue weighted by Crippen LogP contribution is -2.17. The Morgan fingerprint density at radius 1 is 1.17 bits per heavy atom. The van der Waals surface area contributed by atoms with E-state index in [2.05, 4.69) is 10.3 Å². The third kappa shape index (κ3) is 1.89. The number of carbonyl (C=O) groups is 2. The maximum Gasteiger partial charge on any atom is 0.290 e. The van der Waals surface area contributed by atoms with Crippen molar-refractivity contribution in [1.82, 2.24) is 10.3 Å². The molecule has 3 rings (SSSR count). The molecular formula is C13H8N2O2S. The number of carbonyl (C=O) groups excluding carboxylic acids is 2. The average Bonchev–Trinajstić information content (AvgIpc) is 2.68. The maximum atomic E-state index is 11.5. The molecule has 0 unspecified atom stereocenters. The van der Waals surface area contributed by atoms with Crippen LogP contribution in [0.5, 0.6) is 0 Å². The van der Waals surface area contributed by atoms with Gasteiger partial charge in [0.05, 0.1) is 10.4 Å². The lowest BCUT2D eigenvalue weighted by atomic mass is 10.1. The van der Waals surface area contributed by atoms with Gasteiger partial charge in [-0.05, 0) is 35.5 Å². The minimum atomic E-state index is -0.342. The molecule has 5 heteroatoms. The van der Waals surface area contributed by atoms with E-state index < -0.39 is 0 Å². The second-order valence-electron chi connectivity index (χ2n) is 3.77. The molecule has 0 radical (unpaired) electrons. The SMILES string of the molecule is O=C1NC(=O)C(=Cc2ccnc3ccccc23)S1. The predicted molar refractivity (Wildman–Crippen MR) is 70.8 cm³/mol. The van der Waals surface area contributed by atoms with Gasteiger partial charge in [0.1, 0.15) is 0 Å². The Morgan fingerprint density at radius 2 is 2.00 bits per heavy atom. The molecule has 0 spiro atoms. The molecule has 4 nitrogen and oxygen atoms in total. The van der Waals surface area contributed by atoms with Crippen LogP contribution < -0.4 is 5.32 Å². The molecule has 0 saturated carbocycles. The average molecular weight is 256 g/mol. The number of fused-ring (bicyclic) bond motifs is 1. The van der Waals surface area contributed by atoms with E-state index in [0.29, 0.717) is 4.91 Å². The van der Waals surface area contributed by atoms with Crippen molar-refractivity contribution in [3.05, 3.63) is 47.0 Å². The third-order valence-corrected chi connectivity index (χ3v) is 3.42. The van der Waals surface area contributed by atoms with Gasteiger partial charge in [-0.1, -0.05) is 18.2 Å². The first kappa shape index (κ1) is 11.0. The summed E-state index contributed by atoms with van der Waals surface area (Å²) in [5.74, 6) is -0.342. The molecule has 1 aliphatic rings. The summed E-state index contributed by atoms with van der Waals surface area (Å²) in [7, 11) is 0. The van der Waals surface area contributed by atoms with Gasteiger partial charge in [0.25, 0.3) is 11.1 Å². The molecule has 0 atom stereocenters. The topological polar surface area (TPSA) is 59.1 Å². The highest BCUT2D eigenvalue weighted by Crippen LogP contribution is 2.27. The fourth-order valence-electron chi connectivity index (χ4n) is 1.81. The Labute approximate surface area is 107 Å². The van der Waals surface area contributed by atoms with Gasteiger partial charge in [-0.15, -0.1) is 0 Å². The summed E-state index contributed by atoms with van der Waals surface area (Å²) in [5.41, 5.74) is 1.74. The Bertz CT molecular complexity index is 689. The number of benzene rings is 1. The quantitative estimate of drug-likeness (QED) is 0.797. The third-order valence-electron chi connectivity index (χ3n) is 2.61. The van der Waals surface area contributed by atoms with Crippen molar-refractivity contribution < 1.29 is 9.59 Å². The number of hydrogen-bond acceptors (Lipinski definition) is 4. The standard InChI is InChI=1S/C13H8N2O2S/c16-12-11(18-13(17)15-12)7-8-5-6-14-10-4-2-1-3-9(8)10/h1-7H,(H,15,16,17). The summed E-state index contributed by atoms with van der Waals surface area (Å²) in [4.78, 5) is 27.2. The smallest absolute Gasteiger partial charge is 0.282 e. The first-order valence-corrected chi connectivity index (χ1v) is 6.14. The van der Waals surface area contributed by atoms with Crippen LogP contribution >= 0.6 is 11.8 Å². The van der Waals surface area contributed by atoms with Crippen LogP contribution in [0.4, 0.5) is 4.79 Å². The van der Waals surface area contributed by atoms with Crippen LogP contribution in [0, 0.1) is 0 Å². The van der Waals surface area contributed by atoms with Crippen LogP contribution in [0.15, 0.2) is 41.4 Å². The number of imide groups is 1. The molecular weight excluding hydrogens is 248 g/mol. The molecule has 2 heterocycles. The van der Waals surface area contributed by atoms with Gasteiger partial charge in [0.15, 0.2) is 0 Å². The van der Waals surface area contributed by atoms with E-state index in [1.54, 1.807) is 12.3 Å². The van der Waals surface area contributed by atoms with Crippen LogP contribution in [0.2, 0.25) is 0 Å². The maximum absolute atomic E-state index is 11.5. The summed E-state index contributed by atoms with van der Waals surface area (Å²) in [6, 6.07) is 9.50. The molecule has 88 valence electrons. The summed E-state index contributed by atoms with van der Waals surface area (Å²) < 4.78 is 0. The summed E-state index contributed by atoms with van der Waals surface area (Å²) in [6.07, 6.45) is 3.41. The molecule has 1 fully saturated rings. The van der Waals surface area contributed by atoms with Crippen molar-refractivity contribution in [2.45, 2.75) is 0 Å². The van der Waals surface area contributed by atoms with Gasteiger partial charge in [-0.25, -0.2) is 0 Å². The molecule has 1 N–H and O–H groups in total. The van der Waals surface area contributed by atoms with Crippen molar-refractivity contribution >= 4 is 39.9 Å². The van der Waals surface area contributed by atoms with Crippen LogP contribution in [0.1, 0.15) is 5.56 Å². The molecule has 0 bridgehead atoms. The molecule has 0 aliphatic carbocycles. The van der Waals surface area contributed by atoms with Gasteiger partial charge in [-0.3, -0.25) is 19.9 Å². The fraction of sp³-hybridized carbons (Fsp3) is 0. The van der Waals surface area contributed by atoms with Gasteiger partial charge in [0.2, 0.25) is 0 Å². The zero-order valence-electron chi connectivity index (χ0n) is 9.21. The van der Waals surface area contributed by atoms with E-state index in [1.165, 1.54) is 0 Å². The van der Waals surface area contributed by atoms with Gasteiger partial charge >= 0.3 is 0 Å². The second-order valence-corrected chi connectivity index (χ2v) is 4.78. The van der Waals surface area contributed by atoms with E-state index in [0.717, 1.165) is 28.2 Å². The van der Waals surface area contributed by atoms with Gasteiger partial charge in [-0.2, -0.15) is 0 Å². The number of nitrogens with one attached hydrogen (secondary N) is 1. The summed E-state index contributed by atoms with van der Waals surface area (Å²) >= 11 is 0.918. The number of rotatable bonds is 1. The Balaban J connectivity index is 2.13. The Hall–Kier alpha value is -2.14. The number of pyridine rings is 1. The number of nitrogens with zero attached hydrogens (tertiary/aromatic N) is 1. The van der Waals surface area contributed by atoms with Gasteiger partial charge < -0.3 is 0 Å². The van der Waals surface area contributed by atoms with E-state index in [4.69, 9.17) is 0 Å². The molecule has 1 aromatic carbocycles.